The van der Waals surface area contributed by atoms with Crippen LogP contribution >= 0.6 is 11.8 Å². The zero-order valence-electron chi connectivity index (χ0n) is 9.94. The molecule has 0 N–H and O–H groups in total. The Morgan fingerprint density at radius 2 is 1.71 bits per heavy atom. The van der Waals surface area contributed by atoms with E-state index in [4.69, 9.17) is 4.42 Å². The quantitative estimate of drug-likeness (QED) is 0.581. The van der Waals surface area contributed by atoms with Crippen LogP contribution in [0.2, 0.25) is 0 Å². The number of para-hydroxylation sites is 1. The van der Waals surface area contributed by atoms with E-state index in [-0.39, 0.29) is 0 Å². The monoisotopic (exact) mass is 242 g/mol. The Labute approximate surface area is 105 Å². The van der Waals surface area contributed by atoms with Gasteiger partial charge in [-0.3, -0.25) is 0 Å². The Morgan fingerprint density at radius 1 is 0.941 bits per heavy atom. The standard InChI is InChI=1S/C15H14OS/c1-10(2)17-11-7-8-15-13(9-11)12-5-3-4-6-14(12)16-15/h3-10H,1-2H3. The average molecular weight is 242 g/mol. The lowest BCUT2D eigenvalue weighted by atomic mass is 10.1. The van der Waals surface area contributed by atoms with E-state index < -0.39 is 0 Å². The first-order chi connectivity index (χ1) is 8.24. The van der Waals surface area contributed by atoms with Crippen molar-refractivity contribution in [3.8, 4) is 0 Å². The maximum absolute atomic E-state index is 5.80. The summed E-state index contributed by atoms with van der Waals surface area (Å²) in [7, 11) is 0. The van der Waals surface area contributed by atoms with Crippen LogP contribution in [-0.4, -0.2) is 5.25 Å². The smallest absolute Gasteiger partial charge is 0.135 e. The first-order valence-corrected chi connectivity index (χ1v) is 6.70. The highest BCUT2D eigenvalue weighted by Crippen LogP contribution is 2.32. The maximum Gasteiger partial charge on any atom is 0.135 e. The fourth-order valence-corrected chi connectivity index (χ4v) is 2.93. The first kappa shape index (κ1) is 10.7. The molecular formula is C15H14OS. The molecule has 0 unspecified atom stereocenters. The molecular weight excluding hydrogens is 228 g/mol. The highest BCUT2D eigenvalue weighted by atomic mass is 32.2. The van der Waals surface area contributed by atoms with Crippen LogP contribution < -0.4 is 0 Å². The van der Waals surface area contributed by atoms with E-state index in [0.717, 1.165) is 11.2 Å². The number of rotatable bonds is 2. The van der Waals surface area contributed by atoms with Crippen molar-refractivity contribution < 1.29 is 4.42 Å². The second-order valence-corrected chi connectivity index (χ2v) is 6.07. The zero-order chi connectivity index (χ0) is 11.8. The Morgan fingerprint density at radius 3 is 2.53 bits per heavy atom. The Bertz CT molecular complexity index is 667. The van der Waals surface area contributed by atoms with Crippen molar-refractivity contribution in [2.24, 2.45) is 0 Å². The lowest BCUT2D eigenvalue weighted by molar-refractivity contribution is 0.668. The molecule has 17 heavy (non-hydrogen) atoms. The summed E-state index contributed by atoms with van der Waals surface area (Å²) in [5, 5.41) is 3.02. The number of fused-ring (bicyclic) bond motifs is 3. The maximum atomic E-state index is 5.80. The van der Waals surface area contributed by atoms with Gasteiger partial charge in [0.15, 0.2) is 0 Å². The number of thioether (sulfide) groups is 1. The van der Waals surface area contributed by atoms with Gasteiger partial charge in [0.1, 0.15) is 11.2 Å². The van der Waals surface area contributed by atoms with E-state index in [1.165, 1.54) is 15.7 Å². The molecule has 0 amide bonds. The number of hydrogen-bond acceptors (Lipinski definition) is 2. The number of furan rings is 1. The molecule has 0 aliphatic heterocycles. The van der Waals surface area contributed by atoms with Crippen molar-refractivity contribution in [1.82, 2.24) is 0 Å². The van der Waals surface area contributed by atoms with Gasteiger partial charge < -0.3 is 4.42 Å². The molecule has 1 aromatic heterocycles. The fourth-order valence-electron chi connectivity index (χ4n) is 2.05. The van der Waals surface area contributed by atoms with Crippen LogP contribution in [0.25, 0.3) is 21.9 Å². The molecule has 3 aromatic rings. The molecule has 0 radical (unpaired) electrons. The van der Waals surface area contributed by atoms with Gasteiger partial charge in [-0.2, -0.15) is 0 Å². The molecule has 0 spiro atoms. The largest absolute Gasteiger partial charge is 0.456 e. The van der Waals surface area contributed by atoms with Crippen molar-refractivity contribution in [3.05, 3.63) is 42.5 Å². The second-order valence-electron chi connectivity index (χ2n) is 4.42. The Hall–Kier alpha value is -1.41. The van der Waals surface area contributed by atoms with Gasteiger partial charge in [0.05, 0.1) is 0 Å². The van der Waals surface area contributed by atoms with Crippen molar-refractivity contribution in [3.63, 3.8) is 0 Å². The van der Waals surface area contributed by atoms with Gasteiger partial charge in [-0.05, 0) is 24.3 Å². The van der Waals surface area contributed by atoms with Gasteiger partial charge in [-0.15, -0.1) is 11.8 Å². The summed E-state index contributed by atoms with van der Waals surface area (Å²) in [5.74, 6) is 0. The minimum atomic E-state index is 0.602. The molecule has 0 saturated carbocycles. The van der Waals surface area contributed by atoms with E-state index in [1.807, 2.05) is 23.9 Å². The van der Waals surface area contributed by atoms with Crippen molar-refractivity contribution in [2.45, 2.75) is 24.0 Å². The molecule has 2 heteroatoms. The van der Waals surface area contributed by atoms with Crippen molar-refractivity contribution in [2.75, 3.05) is 0 Å². The van der Waals surface area contributed by atoms with Gasteiger partial charge in [-0.25, -0.2) is 0 Å². The third kappa shape index (κ3) is 1.93. The second kappa shape index (κ2) is 4.11. The molecule has 2 aromatic carbocycles. The SMILES string of the molecule is CC(C)Sc1ccc2oc3ccccc3c2c1. The molecule has 86 valence electrons. The summed E-state index contributed by atoms with van der Waals surface area (Å²) < 4.78 is 5.80. The first-order valence-electron chi connectivity index (χ1n) is 5.82. The van der Waals surface area contributed by atoms with E-state index in [1.54, 1.807) is 0 Å². The molecule has 0 fully saturated rings. The van der Waals surface area contributed by atoms with Crippen LogP contribution in [0.15, 0.2) is 51.8 Å². The highest BCUT2D eigenvalue weighted by Gasteiger charge is 2.07. The predicted octanol–water partition coefficient (Wildman–Crippen LogP) is 5.09. The minimum Gasteiger partial charge on any atom is -0.456 e. The molecule has 0 bridgehead atoms. The van der Waals surface area contributed by atoms with Gasteiger partial charge in [-0.1, -0.05) is 32.0 Å². The molecule has 1 nitrogen and oxygen atoms in total. The molecule has 0 saturated heterocycles. The summed E-state index contributed by atoms with van der Waals surface area (Å²) in [6.07, 6.45) is 0. The third-order valence-corrected chi connectivity index (χ3v) is 3.72. The van der Waals surface area contributed by atoms with Crippen molar-refractivity contribution >= 4 is 33.7 Å². The lowest BCUT2D eigenvalue weighted by Gasteiger charge is -2.03. The fraction of sp³-hybridized carbons (Fsp3) is 0.200. The molecule has 3 rings (SSSR count). The molecule has 0 atom stereocenters. The van der Waals surface area contributed by atoms with E-state index in [0.29, 0.717) is 5.25 Å². The van der Waals surface area contributed by atoms with E-state index >= 15 is 0 Å². The van der Waals surface area contributed by atoms with Crippen LogP contribution in [0, 0.1) is 0 Å². The Kier molecular flexibility index (Phi) is 2.60. The average Bonchev–Trinajstić information content (AvgIpc) is 2.66. The lowest BCUT2D eigenvalue weighted by Crippen LogP contribution is -1.84. The molecule has 0 aliphatic carbocycles. The summed E-state index contributed by atoms with van der Waals surface area (Å²) in [6, 6.07) is 14.6. The van der Waals surface area contributed by atoms with Gasteiger partial charge >= 0.3 is 0 Å². The molecule has 0 aliphatic rings. The topological polar surface area (TPSA) is 13.1 Å². The van der Waals surface area contributed by atoms with Crippen LogP contribution in [0.4, 0.5) is 0 Å². The van der Waals surface area contributed by atoms with Crippen molar-refractivity contribution in [1.29, 1.82) is 0 Å². The van der Waals surface area contributed by atoms with Gasteiger partial charge in [0, 0.05) is 20.9 Å². The highest BCUT2D eigenvalue weighted by molar-refractivity contribution is 7.99. The number of benzene rings is 2. The summed E-state index contributed by atoms with van der Waals surface area (Å²) in [4.78, 5) is 1.30. The summed E-state index contributed by atoms with van der Waals surface area (Å²) >= 11 is 1.88. The molecule has 1 heterocycles. The van der Waals surface area contributed by atoms with E-state index in [2.05, 4.69) is 44.2 Å². The van der Waals surface area contributed by atoms with Crippen LogP contribution in [0.1, 0.15) is 13.8 Å². The van der Waals surface area contributed by atoms with Crippen LogP contribution in [0.3, 0.4) is 0 Å². The van der Waals surface area contributed by atoms with Crippen LogP contribution in [-0.2, 0) is 0 Å². The van der Waals surface area contributed by atoms with Gasteiger partial charge in [0.25, 0.3) is 0 Å². The summed E-state index contributed by atoms with van der Waals surface area (Å²) in [6.45, 7) is 4.42. The summed E-state index contributed by atoms with van der Waals surface area (Å²) in [5.41, 5.74) is 1.94. The zero-order valence-corrected chi connectivity index (χ0v) is 10.8. The number of hydrogen-bond donors (Lipinski definition) is 0. The van der Waals surface area contributed by atoms with Gasteiger partial charge in [0.2, 0.25) is 0 Å². The normalized spacial score (nSPS) is 11.7. The minimum absolute atomic E-state index is 0.602. The predicted molar refractivity (Wildman–Crippen MR) is 74.7 cm³/mol. The third-order valence-electron chi connectivity index (χ3n) is 2.72. The van der Waals surface area contributed by atoms with Crippen LogP contribution in [0.5, 0.6) is 0 Å². The Balaban J connectivity index is 2.23. The van der Waals surface area contributed by atoms with E-state index in [9.17, 15) is 0 Å².